The fraction of sp³-hybridized carbons (Fsp3) is 0.143. The number of hydrogen-bond donors (Lipinski definition) is 1. The summed E-state index contributed by atoms with van der Waals surface area (Å²) in [7, 11) is -0.824. The Morgan fingerprint density at radius 1 is 1.36 bits per heavy atom. The summed E-state index contributed by atoms with van der Waals surface area (Å²) in [6, 6.07) is 9.23. The van der Waals surface area contributed by atoms with Gasteiger partial charge in [-0.2, -0.15) is 0 Å². The predicted octanol–water partition coefficient (Wildman–Crippen LogP) is 0.743. The highest BCUT2D eigenvalue weighted by Gasteiger charge is 2.13. The van der Waals surface area contributed by atoms with Crippen LogP contribution in [0.3, 0.4) is 0 Å². The van der Waals surface area contributed by atoms with Gasteiger partial charge in [-0.25, -0.2) is 0 Å². The average molecular weight is 215 g/mol. The van der Waals surface area contributed by atoms with Crippen LogP contribution in [0.4, 0.5) is 0 Å². The first-order valence-electron chi connectivity index (χ1n) is 3.25. The summed E-state index contributed by atoms with van der Waals surface area (Å²) in [6.07, 6.45) is 0. The topological polar surface area (TPSA) is 29.5 Å². The maximum atomic E-state index is 9.27. The molecule has 0 aliphatic carbocycles. The molecule has 11 heavy (non-hydrogen) atoms. The molecular formula is C7H8BBrO2. The molecule has 0 unspecified atom stereocenters. The van der Waals surface area contributed by atoms with E-state index in [1.54, 1.807) is 0 Å². The zero-order valence-corrected chi connectivity index (χ0v) is 7.49. The normalized spacial score (nSPS) is 9.64. The third kappa shape index (κ3) is 2.65. The minimum absolute atomic E-state index is 0.336. The van der Waals surface area contributed by atoms with Gasteiger partial charge in [-0.3, -0.25) is 0 Å². The molecule has 1 aromatic rings. The van der Waals surface area contributed by atoms with Gasteiger partial charge in [-0.15, -0.1) is 0 Å². The van der Waals surface area contributed by atoms with Crippen LogP contribution >= 0.6 is 15.9 Å². The summed E-state index contributed by atoms with van der Waals surface area (Å²) in [5.41, 5.74) is 1.11. The molecule has 0 heterocycles. The van der Waals surface area contributed by atoms with E-state index in [2.05, 4.69) is 15.9 Å². The van der Waals surface area contributed by atoms with Crippen molar-refractivity contribution in [3.05, 3.63) is 30.3 Å². The smallest absolute Gasteiger partial charge is 0.423 e. The lowest BCUT2D eigenvalue weighted by Crippen LogP contribution is -2.32. The Morgan fingerprint density at radius 3 is 2.55 bits per heavy atom. The van der Waals surface area contributed by atoms with E-state index in [9.17, 15) is 5.02 Å². The van der Waals surface area contributed by atoms with Crippen molar-refractivity contribution in [1.29, 1.82) is 0 Å². The molecular weight excluding hydrogens is 207 g/mol. The Balaban J connectivity index is 2.61. The van der Waals surface area contributed by atoms with Crippen molar-refractivity contribution in [3.8, 4) is 0 Å². The maximum absolute atomic E-state index is 9.27. The van der Waals surface area contributed by atoms with Crippen molar-refractivity contribution < 1.29 is 9.68 Å². The van der Waals surface area contributed by atoms with Gasteiger partial charge in [0.05, 0.1) is 5.52 Å². The Labute approximate surface area is 74.5 Å². The predicted molar refractivity (Wildman–Crippen MR) is 48.9 cm³/mol. The molecule has 0 saturated heterocycles. The second-order valence-electron chi connectivity index (χ2n) is 2.04. The lowest BCUT2D eigenvalue weighted by Gasteiger charge is -2.03. The highest BCUT2D eigenvalue weighted by atomic mass is 79.9. The number of hydrogen-bond acceptors (Lipinski definition) is 2. The summed E-state index contributed by atoms with van der Waals surface area (Å²) < 4.78 is 4.90. The van der Waals surface area contributed by atoms with Crippen molar-refractivity contribution >= 4 is 28.5 Å². The third-order valence-corrected chi connectivity index (χ3v) is 1.57. The molecule has 0 aromatic heterocycles. The fourth-order valence-corrected chi connectivity index (χ4v) is 1.02. The Hall–Kier alpha value is -0.315. The molecule has 0 radical (unpaired) electrons. The molecule has 0 saturated carbocycles. The summed E-state index contributed by atoms with van der Waals surface area (Å²) >= 11 is 3.07. The van der Waals surface area contributed by atoms with E-state index < -0.39 is 7.12 Å². The summed E-state index contributed by atoms with van der Waals surface area (Å²) in [5.74, 6) is 0. The van der Waals surface area contributed by atoms with Gasteiger partial charge in [0.1, 0.15) is 0 Å². The van der Waals surface area contributed by atoms with Crippen LogP contribution in [0.1, 0.15) is 0 Å². The quantitative estimate of drug-likeness (QED) is 0.595. The maximum Gasteiger partial charge on any atom is 0.491 e. The van der Waals surface area contributed by atoms with E-state index in [-0.39, 0.29) is 0 Å². The standard InChI is InChI=1S/C7H8BBrO2/c9-6-11-8(10)7-4-2-1-3-5-7/h1-5,10H,6H2. The molecule has 0 spiro atoms. The van der Waals surface area contributed by atoms with E-state index in [0.717, 1.165) is 5.46 Å². The van der Waals surface area contributed by atoms with E-state index >= 15 is 0 Å². The van der Waals surface area contributed by atoms with Crippen LogP contribution in [0.15, 0.2) is 30.3 Å². The van der Waals surface area contributed by atoms with Crippen molar-refractivity contribution in [1.82, 2.24) is 0 Å². The van der Waals surface area contributed by atoms with Crippen molar-refractivity contribution in [2.45, 2.75) is 0 Å². The van der Waals surface area contributed by atoms with Gasteiger partial charge >= 0.3 is 7.12 Å². The minimum Gasteiger partial charge on any atom is -0.423 e. The zero-order chi connectivity index (χ0) is 8.10. The molecule has 1 aromatic carbocycles. The van der Waals surface area contributed by atoms with Crippen LogP contribution in [0.5, 0.6) is 0 Å². The summed E-state index contributed by atoms with van der Waals surface area (Å²) in [6.45, 7) is 0. The van der Waals surface area contributed by atoms with Gasteiger partial charge in [0.2, 0.25) is 0 Å². The third-order valence-electron chi connectivity index (χ3n) is 1.31. The molecule has 0 fully saturated rings. The fourth-order valence-electron chi connectivity index (χ4n) is 0.774. The highest BCUT2D eigenvalue weighted by molar-refractivity contribution is 9.09. The Bertz CT molecular complexity index is 205. The Morgan fingerprint density at radius 2 is 2.00 bits per heavy atom. The molecule has 0 aliphatic rings. The number of alkyl halides is 1. The van der Waals surface area contributed by atoms with Crippen molar-refractivity contribution in [2.24, 2.45) is 0 Å². The molecule has 4 heteroatoms. The monoisotopic (exact) mass is 214 g/mol. The Kier molecular flexibility index (Phi) is 3.62. The molecule has 0 bridgehead atoms. The van der Waals surface area contributed by atoms with Crippen LogP contribution in [0, 0.1) is 0 Å². The molecule has 2 nitrogen and oxygen atoms in total. The van der Waals surface area contributed by atoms with Crippen LogP contribution in [-0.4, -0.2) is 17.7 Å². The molecule has 1 rings (SSSR count). The summed E-state index contributed by atoms with van der Waals surface area (Å²) in [5, 5.41) is 9.27. The van der Waals surface area contributed by atoms with E-state index in [1.165, 1.54) is 0 Å². The molecule has 0 aliphatic heterocycles. The lowest BCUT2D eigenvalue weighted by molar-refractivity contribution is 0.329. The lowest BCUT2D eigenvalue weighted by atomic mass is 9.80. The number of halogens is 1. The summed E-state index contributed by atoms with van der Waals surface area (Å²) in [4.78, 5) is 0. The second kappa shape index (κ2) is 4.54. The first-order valence-corrected chi connectivity index (χ1v) is 4.37. The molecule has 1 N–H and O–H groups in total. The molecule has 0 atom stereocenters. The van der Waals surface area contributed by atoms with Gasteiger partial charge in [0.15, 0.2) is 0 Å². The molecule has 58 valence electrons. The van der Waals surface area contributed by atoms with Gasteiger partial charge < -0.3 is 9.68 Å². The van der Waals surface area contributed by atoms with Gasteiger partial charge in [-0.05, 0) is 5.46 Å². The van der Waals surface area contributed by atoms with E-state index in [0.29, 0.717) is 5.52 Å². The van der Waals surface area contributed by atoms with Crippen LogP contribution in [-0.2, 0) is 4.65 Å². The van der Waals surface area contributed by atoms with E-state index in [1.807, 2.05) is 30.3 Å². The second-order valence-corrected chi connectivity index (χ2v) is 2.50. The van der Waals surface area contributed by atoms with Gasteiger partial charge in [0, 0.05) is 0 Å². The minimum atomic E-state index is -0.824. The van der Waals surface area contributed by atoms with Crippen LogP contribution in [0.2, 0.25) is 0 Å². The van der Waals surface area contributed by atoms with Crippen molar-refractivity contribution in [3.63, 3.8) is 0 Å². The number of rotatable bonds is 3. The van der Waals surface area contributed by atoms with Crippen LogP contribution < -0.4 is 5.46 Å². The van der Waals surface area contributed by atoms with E-state index in [4.69, 9.17) is 4.65 Å². The SMILES string of the molecule is OB(OCBr)c1ccccc1. The average Bonchev–Trinajstić information content (AvgIpc) is 2.07. The first-order chi connectivity index (χ1) is 5.34. The van der Waals surface area contributed by atoms with Gasteiger partial charge in [-0.1, -0.05) is 46.3 Å². The van der Waals surface area contributed by atoms with Gasteiger partial charge in [0.25, 0.3) is 0 Å². The zero-order valence-electron chi connectivity index (χ0n) is 5.90. The largest absolute Gasteiger partial charge is 0.491 e. The van der Waals surface area contributed by atoms with Crippen LogP contribution in [0.25, 0.3) is 0 Å². The molecule has 0 amide bonds. The van der Waals surface area contributed by atoms with Crippen molar-refractivity contribution in [2.75, 3.05) is 5.52 Å². The number of benzene rings is 1. The highest BCUT2D eigenvalue weighted by Crippen LogP contribution is 1.89. The first kappa shape index (κ1) is 8.78.